The van der Waals surface area contributed by atoms with Crippen LogP contribution in [0.4, 0.5) is 11.4 Å². The Morgan fingerprint density at radius 2 is 0.936 bits per heavy atom. The lowest BCUT2D eigenvalue weighted by molar-refractivity contribution is -0.107. The molecule has 1 aromatic carbocycles. The van der Waals surface area contributed by atoms with E-state index in [4.69, 9.17) is 0 Å². The van der Waals surface area contributed by atoms with Crippen LogP contribution in [0.2, 0.25) is 0 Å². The molecular weight excluding hydrogens is 582 g/mol. The molecule has 0 heterocycles. The quantitative estimate of drug-likeness (QED) is 0.0420. The van der Waals surface area contributed by atoms with E-state index in [0.29, 0.717) is 17.8 Å². The van der Waals surface area contributed by atoms with E-state index in [1.807, 2.05) is 0 Å². The largest absolute Gasteiger partial charge is 0.383 e. The monoisotopic (exact) mass is 660 g/mol. The number of anilines is 2. The van der Waals surface area contributed by atoms with Crippen molar-refractivity contribution >= 4 is 17.7 Å². The summed E-state index contributed by atoms with van der Waals surface area (Å²) in [6.45, 7) is 8.77. The standard InChI is InChI=1S/C41H77N3O3/c1-4-6-8-10-15-21-29-37(30-22-16-11-9-7-5-2)31-23-17-14-19-26-34-44(33-25-18-12-13-20-28-36-45)35-27-24-32-43-39-38(42-3)40(46)41(39)47/h36-37,42-43H,4-35H2,1-3H3. The van der Waals surface area contributed by atoms with Crippen LogP contribution in [0.1, 0.15) is 194 Å². The summed E-state index contributed by atoms with van der Waals surface area (Å²) in [5.41, 5.74) is 0.0831. The molecule has 0 aromatic heterocycles. The summed E-state index contributed by atoms with van der Waals surface area (Å²) >= 11 is 0. The highest BCUT2D eigenvalue weighted by Gasteiger charge is 2.18. The van der Waals surface area contributed by atoms with E-state index in [2.05, 4.69) is 29.4 Å². The molecule has 0 atom stereocenters. The van der Waals surface area contributed by atoms with E-state index in [-0.39, 0.29) is 0 Å². The molecule has 0 aliphatic carbocycles. The first kappa shape index (κ1) is 43.3. The molecule has 0 fully saturated rings. The first-order valence-corrected chi connectivity index (χ1v) is 20.5. The van der Waals surface area contributed by atoms with Crippen LogP contribution >= 0.6 is 0 Å². The van der Waals surface area contributed by atoms with Gasteiger partial charge < -0.3 is 20.3 Å². The maximum atomic E-state index is 11.8. The molecule has 0 amide bonds. The van der Waals surface area contributed by atoms with Crippen LogP contribution in [-0.2, 0) is 4.79 Å². The number of rotatable bonds is 37. The van der Waals surface area contributed by atoms with Crippen molar-refractivity contribution in [3.63, 3.8) is 0 Å². The van der Waals surface area contributed by atoms with Gasteiger partial charge in [-0.25, -0.2) is 0 Å². The van der Waals surface area contributed by atoms with Gasteiger partial charge in [0.25, 0.3) is 10.9 Å². The highest BCUT2D eigenvalue weighted by Crippen LogP contribution is 2.25. The van der Waals surface area contributed by atoms with Gasteiger partial charge in [0.15, 0.2) is 0 Å². The first-order chi connectivity index (χ1) is 23.1. The Kier molecular flexibility index (Phi) is 29.1. The Labute approximate surface area is 290 Å². The molecule has 0 bridgehead atoms. The molecule has 6 nitrogen and oxygen atoms in total. The van der Waals surface area contributed by atoms with Crippen molar-refractivity contribution in [1.29, 1.82) is 0 Å². The van der Waals surface area contributed by atoms with Crippen LogP contribution in [0, 0.1) is 5.92 Å². The lowest BCUT2D eigenvalue weighted by Gasteiger charge is -2.22. The summed E-state index contributed by atoms with van der Waals surface area (Å²) in [5.74, 6) is 0.958. The number of aldehydes is 1. The molecular formula is C41H77N3O3. The lowest BCUT2D eigenvalue weighted by Crippen LogP contribution is -2.37. The minimum Gasteiger partial charge on any atom is -0.383 e. The second-order valence-electron chi connectivity index (χ2n) is 14.4. The molecule has 0 unspecified atom stereocenters. The molecule has 0 saturated carbocycles. The summed E-state index contributed by atoms with van der Waals surface area (Å²) in [4.78, 5) is 36.6. The van der Waals surface area contributed by atoms with Crippen molar-refractivity contribution in [3.05, 3.63) is 20.4 Å². The second kappa shape index (κ2) is 31.6. The molecule has 1 aromatic rings. The number of carbonyl (C=O) groups excluding carboxylic acids is 1. The number of nitrogens with zero attached hydrogens (tertiary/aromatic N) is 1. The molecule has 0 aliphatic rings. The third kappa shape index (κ3) is 22.5. The van der Waals surface area contributed by atoms with E-state index < -0.39 is 10.9 Å². The molecule has 0 spiro atoms. The fourth-order valence-corrected chi connectivity index (χ4v) is 7.06. The van der Waals surface area contributed by atoms with Crippen molar-refractivity contribution in [3.8, 4) is 0 Å². The van der Waals surface area contributed by atoms with Crippen LogP contribution in [0.25, 0.3) is 0 Å². The predicted octanol–water partition coefficient (Wildman–Crippen LogP) is 10.8. The Balaban J connectivity index is 2.33. The molecule has 0 radical (unpaired) electrons. The molecule has 6 heteroatoms. The number of carbonyl (C=O) groups is 1. The van der Waals surface area contributed by atoms with E-state index in [1.165, 1.54) is 154 Å². The molecule has 47 heavy (non-hydrogen) atoms. The van der Waals surface area contributed by atoms with Crippen molar-refractivity contribution < 1.29 is 4.79 Å². The van der Waals surface area contributed by atoms with Crippen molar-refractivity contribution in [1.82, 2.24) is 4.90 Å². The number of hydrogen-bond donors (Lipinski definition) is 2. The third-order valence-corrected chi connectivity index (χ3v) is 10.2. The van der Waals surface area contributed by atoms with E-state index in [0.717, 1.165) is 57.5 Å². The van der Waals surface area contributed by atoms with Crippen LogP contribution < -0.4 is 21.5 Å². The van der Waals surface area contributed by atoms with Gasteiger partial charge in [-0.15, -0.1) is 0 Å². The van der Waals surface area contributed by atoms with Gasteiger partial charge >= 0.3 is 0 Å². The fraction of sp³-hybridized carbons (Fsp3) is 0.878. The van der Waals surface area contributed by atoms with Gasteiger partial charge in [0.1, 0.15) is 17.7 Å². The van der Waals surface area contributed by atoms with Crippen LogP contribution in [0.15, 0.2) is 9.59 Å². The van der Waals surface area contributed by atoms with E-state index >= 15 is 0 Å². The minimum absolute atomic E-state index is 0.393. The highest BCUT2D eigenvalue weighted by molar-refractivity contribution is 5.73. The predicted molar refractivity (Wildman–Crippen MR) is 206 cm³/mol. The number of nitrogens with one attached hydrogen (secondary N) is 2. The van der Waals surface area contributed by atoms with Crippen molar-refractivity contribution in [2.24, 2.45) is 5.92 Å². The average molecular weight is 660 g/mol. The molecule has 2 N–H and O–H groups in total. The lowest BCUT2D eigenvalue weighted by atomic mass is 9.89. The average Bonchev–Trinajstić information content (AvgIpc) is 3.08. The summed E-state index contributed by atoms with van der Waals surface area (Å²) in [5, 5.41) is 6.01. The van der Waals surface area contributed by atoms with Gasteiger partial charge in [-0.1, -0.05) is 155 Å². The summed E-state index contributed by atoms with van der Waals surface area (Å²) in [6, 6.07) is 0. The molecule has 0 saturated heterocycles. The van der Waals surface area contributed by atoms with E-state index in [1.54, 1.807) is 7.05 Å². The normalized spacial score (nSPS) is 11.7. The first-order valence-electron chi connectivity index (χ1n) is 20.5. The Morgan fingerprint density at radius 1 is 0.532 bits per heavy atom. The van der Waals surface area contributed by atoms with E-state index in [9.17, 15) is 14.4 Å². The topological polar surface area (TPSA) is 78.5 Å². The van der Waals surface area contributed by atoms with Gasteiger partial charge in [0, 0.05) is 20.0 Å². The summed E-state index contributed by atoms with van der Waals surface area (Å²) < 4.78 is 0. The van der Waals surface area contributed by atoms with Crippen molar-refractivity contribution in [2.45, 2.75) is 194 Å². The zero-order chi connectivity index (χ0) is 34.2. The van der Waals surface area contributed by atoms with Gasteiger partial charge in [0.05, 0.1) is 0 Å². The third-order valence-electron chi connectivity index (χ3n) is 10.2. The smallest absolute Gasteiger partial charge is 0.253 e. The minimum atomic E-state index is -0.409. The highest BCUT2D eigenvalue weighted by atomic mass is 16.2. The molecule has 1 rings (SSSR count). The number of unbranched alkanes of at least 4 members (excludes halogenated alkanes) is 20. The number of hydrogen-bond acceptors (Lipinski definition) is 6. The Bertz CT molecular complexity index is 894. The zero-order valence-corrected chi connectivity index (χ0v) is 31.5. The van der Waals surface area contributed by atoms with Crippen LogP contribution in [-0.4, -0.2) is 44.4 Å². The van der Waals surface area contributed by atoms with Gasteiger partial charge in [-0.05, 0) is 57.7 Å². The fourth-order valence-electron chi connectivity index (χ4n) is 7.06. The van der Waals surface area contributed by atoms with Crippen molar-refractivity contribution in [2.75, 3.05) is 43.9 Å². The summed E-state index contributed by atoms with van der Waals surface area (Å²) in [7, 11) is 1.69. The van der Waals surface area contributed by atoms with Crippen LogP contribution in [0.5, 0.6) is 0 Å². The molecule has 0 aliphatic heterocycles. The van der Waals surface area contributed by atoms with Gasteiger partial charge in [0.2, 0.25) is 0 Å². The van der Waals surface area contributed by atoms with Gasteiger partial charge in [-0.3, -0.25) is 9.59 Å². The zero-order valence-electron chi connectivity index (χ0n) is 31.5. The van der Waals surface area contributed by atoms with Crippen LogP contribution in [0.3, 0.4) is 0 Å². The van der Waals surface area contributed by atoms with Gasteiger partial charge in [-0.2, -0.15) is 0 Å². The second-order valence-corrected chi connectivity index (χ2v) is 14.4. The Hall–Kier alpha value is -1.69. The maximum Gasteiger partial charge on any atom is 0.253 e. The molecule has 274 valence electrons. The Morgan fingerprint density at radius 3 is 1.40 bits per heavy atom. The summed E-state index contributed by atoms with van der Waals surface area (Å²) in [6.07, 6.45) is 37.9. The SMILES string of the molecule is CCCCCCCCC(CCCCCCCC)CCCCCCCN(CCCCCCCC=O)CCCCNc1c(NC)c(=O)c1=O. The maximum absolute atomic E-state index is 11.8.